The van der Waals surface area contributed by atoms with Crippen LogP contribution in [0.2, 0.25) is 0 Å². The van der Waals surface area contributed by atoms with Gasteiger partial charge in [-0.1, -0.05) is 11.6 Å². The lowest BCUT2D eigenvalue weighted by molar-refractivity contribution is -0.110. The topological polar surface area (TPSA) is 38.3 Å². The van der Waals surface area contributed by atoms with Crippen LogP contribution < -0.4 is 10.1 Å². The molecule has 1 aromatic carbocycles. The van der Waals surface area contributed by atoms with Crippen molar-refractivity contribution < 1.29 is 9.53 Å². The Labute approximate surface area is 130 Å². The molecule has 0 saturated carbocycles. The third-order valence-corrected chi connectivity index (χ3v) is 4.75. The highest BCUT2D eigenvalue weighted by molar-refractivity contribution is 6.32. The van der Waals surface area contributed by atoms with Crippen molar-refractivity contribution in [3.63, 3.8) is 0 Å². The Kier molecular flexibility index (Phi) is 3.14. The van der Waals surface area contributed by atoms with E-state index < -0.39 is 0 Å². The van der Waals surface area contributed by atoms with Gasteiger partial charge in [0.2, 0.25) is 0 Å². The number of carbonyl (C=O) groups excluding carboxylic acids is 1. The minimum atomic E-state index is -0.0194. The smallest absolute Gasteiger partial charge is 0.256 e. The van der Waals surface area contributed by atoms with E-state index in [2.05, 4.69) is 17.5 Å². The summed E-state index contributed by atoms with van der Waals surface area (Å²) < 4.78 is 5.28. The molecular weight excluding hydrogens is 274 g/mol. The van der Waals surface area contributed by atoms with Crippen molar-refractivity contribution in [1.29, 1.82) is 0 Å². The molecule has 1 aliphatic heterocycles. The van der Waals surface area contributed by atoms with Crippen LogP contribution in [0.4, 0.5) is 5.69 Å². The van der Waals surface area contributed by atoms with Gasteiger partial charge in [0.05, 0.1) is 7.11 Å². The lowest BCUT2D eigenvalue weighted by atomic mass is 9.93. The standard InChI is InChI=1S/C19H19NO2/c1-22-15-6-7-18-16(11-15)17(19(21)20-18)10-12-8-13-4-2-3-5-14(13)9-12/h6-8,10-11H,2-5,9H2,1H3,(H,20,21). The minimum Gasteiger partial charge on any atom is -0.497 e. The predicted molar refractivity (Wildman–Crippen MR) is 87.8 cm³/mol. The molecule has 0 bridgehead atoms. The number of hydrogen-bond donors (Lipinski definition) is 1. The van der Waals surface area contributed by atoms with Gasteiger partial charge in [-0.05, 0) is 67.5 Å². The van der Waals surface area contributed by atoms with E-state index in [1.807, 2.05) is 18.2 Å². The molecule has 1 aromatic rings. The molecule has 1 N–H and O–H groups in total. The van der Waals surface area contributed by atoms with E-state index in [1.165, 1.54) is 36.8 Å². The van der Waals surface area contributed by atoms with Gasteiger partial charge in [0.15, 0.2) is 0 Å². The first-order chi connectivity index (χ1) is 10.7. The highest BCUT2D eigenvalue weighted by Gasteiger charge is 2.26. The number of amides is 1. The average molecular weight is 293 g/mol. The van der Waals surface area contributed by atoms with Crippen LogP contribution in [0.25, 0.3) is 5.57 Å². The number of carbonyl (C=O) groups is 1. The molecule has 2 aliphatic carbocycles. The molecule has 0 atom stereocenters. The van der Waals surface area contributed by atoms with Crippen molar-refractivity contribution in [2.75, 3.05) is 12.4 Å². The minimum absolute atomic E-state index is 0.0194. The van der Waals surface area contributed by atoms with Crippen molar-refractivity contribution in [2.45, 2.75) is 32.1 Å². The second kappa shape index (κ2) is 5.16. The van der Waals surface area contributed by atoms with Crippen LogP contribution in [0.1, 0.15) is 37.7 Å². The second-order valence-electron chi connectivity index (χ2n) is 6.16. The zero-order valence-corrected chi connectivity index (χ0v) is 12.7. The van der Waals surface area contributed by atoms with Crippen molar-refractivity contribution in [3.05, 3.63) is 52.6 Å². The average Bonchev–Trinajstić information content (AvgIpc) is 3.08. The molecule has 3 heteroatoms. The normalized spacial score (nSPS) is 21.6. The van der Waals surface area contributed by atoms with Gasteiger partial charge >= 0.3 is 0 Å². The first kappa shape index (κ1) is 13.4. The molecule has 3 nitrogen and oxygen atoms in total. The SMILES string of the molecule is COc1ccc2c(c1)C(=CC1=CC3=C(CCCC3)C1)C(=O)N2. The lowest BCUT2D eigenvalue weighted by Gasteiger charge is -2.12. The fourth-order valence-corrected chi connectivity index (χ4v) is 3.60. The third-order valence-electron chi connectivity index (χ3n) is 4.75. The molecule has 0 saturated heterocycles. The van der Waals surface area contributed by atoms with Gasteiger partial charge in [-0.3, -0.25) is 4.79 Å². The second-order valence-corrected chi connectivity index (χ2v) is 6.16. The van der Waals surface area contributed by atoms with Gasteiger partial charge in [0.1, 0.15) is 5.75 Å². The molecule has 0 aromatic heterocycles. The van der Waals surface area contributed by atoms with Crippen molar-refractivity contribution in [3.8, 4) is 5.75 Å². The monoisotopic (exact) mass is 293 g/mol. The summed E-state index contributed by atoms with van der Waals surface area (Å²) in [6.45, 7) is 0. The van der Waals surface area contributed by atoms with Crippen LogP contribution in [0, 0.1) is 0 Å². The van der Waals surface area contributed by atoms with Gasteiger partial charge < -0.3 is 10.1 Å². The molecule has 1 amide bonds. The summed E-state index contributed by atoms with van der Waals surface area (Å²) in [5.41, 5.74) is 6.89. The maximum absolute atomic E-state index is 12.3. The summed E-state index contributed by atoms with van der Waals surface area (Å²) in [6, 6.07) is 5.71. The first-order valence-electron chi connectivity index (χ1n) is 7.87. The number of ether oxygens (including phenoxy) is 1. The number of fused-ring (bicyclic) bond motifs is 1. The largest absolute Gasteiger partial charge is 0.497 e. The Hall–Kier alpha value is -2.29. The Balaban J connectivity index is 1.68. The summed E-state index contributed by atoms with van der Waals surface area (Å²) in [5.74, 6) is 0.757. The Morgan fingerprint density at radius 3 is 2.91 bits per heavy atom. The fourth-order valence-electron chi connectivity index (χ4n) is 3.60. The first-order valence-corrected chi connectivity index (χ1v) is 7.87. The zero-order valence-electron chi connectivity index (χ0n) is 12.7. The number of benzene rings is 1. The number of nitrogens with one attached hydrogen (secondary N) is 1. The van der Waals surface area contributed by atoms with Crippen LogP contribution in [0.3, 0.4) is 0 Å². The van der Waals surface area contributed by atoms with Gasteiger partial charge in [0, 0.05) is 16.8 Å². The van der Waals surface area contributed by atoms with E-state index >= 15 is 0 Å². The highest BCUT2D eigenvalue weighted by atomic mass is 16.5. The van der Waals surface area contributed by atoms with E-state index in [0.29, 0.717) is 0 Å². The molecule has 112 valence electrons. The van der Waals surface area contributed by atoms with E-state index in [0.717, 1.165) is 29.0 Å². The molecule has 3 aliphatic rings. The maximum Gasteiger partial charge on any atom is 0.256 e. The zero-order chi connectivity index (χ0) is 15.1. The quantitative estimate of drug-likeness (QED) is 0.829. The number of hydrogen-bond acceptors (Lipinski definition) is 2. The molecule has 0 unspecified atom stereocenters. The number of rotatable bonds is 2. The van der Waals surface area contributed by atoms with Gasteiger partial charge in [0.25, 0.3) is 5.91 Å². The summed E-state index contributed by atoms with van der Waals surface area (Å²) in [6.07, 6.45) is 10.3. The van der Waals surface area contributed by atoms with Crippen molar-refractivity contribution >= 4 is 17.2 Å². The van der Waals surface area contributed by atoms with Crippen molar-refractivity contribution in [1.82, 2.24) is 0 Å². The Bertz CT molecular complexity index is 753. The van der Waals surface area contributed by atoms with Crippen LogP contribution >= 0.6 is 0 Å². The fraction of sp³-hybridized carbons (Fsp3) is 0.316. The van der Waals surface area contributed by atoms with E-state index in [-0.39, 0.29) is 5.91 Å². The number of allylic oxidation sites excluding steroid dienone is 5. The summed E-state index contributed by atoms with van der Waals surface area (Å²) in [7, 11) is 1.65. The van der Waals surface area contributed by atoms with E-state index in [9.17, 15) is 4.79 Å². The predicted octanol–water partition coefficient (Wildman–Crippen LogP) is 4.23. The van der Waals surface area contributed by atoms with Crippen LogP contribution in [-0.2, 0) is 4.79 Å². The van der Waals surface area contributed by atoms with Crippen LogP contribution in [0.5, 0.6) is 5.75 Å². The highest BCUT2D eigenvalue weighted by Crippen LogP contribution is 2.40. The molecular formula is C19H19NO2. The number of methoxy groups -OCH3 is 1. The van der Waals surface area contributed by atoms with E-state index in [1.54, 1.807) is 12.7 Å². The molecule has 22 heavy (non-hydrogen) atoms. The van der Waals surface area contributed by atoms with Crippen molar-refractivity contribution in [2.24, 2.45) is 0 Å². The molecule has 0 radical (unpaired) electrons. The summed E-state index contributed by atoms with van der Waals surface area (Å²) in [4.78, 5) is 12.3. The summed E-state index contributed by atoms with van der Waals surface area (Å²) >= 11 is 0. The molecule has 0 spiro atoms. The van der Waals surface area contributed by atoms with Gasteiger partial charge in [-0.2, -0.15) is 0 Å². The Morgan fingerprint density at radius 2 is 2.09 bits per heavy atom. The third kappa shape index (κ3) is 2.17. The van der Waals surface area contributed by atoms with Gasteiger partial charge in [-0.25, -0.2) is 0 Å². The maximum atomic E-state index is 12.3. The van der Waals surface area contributed by atoms with E-state index in [4.69, 9.17) is 4.74 Å². The number of anilines is 1. The Morgan fingerprint density at radius 1 is 1.23 bits per heavy atom. The molecule has 4 rings (SSSR count). The van der Waals surface area contributed by atoms with Crippen LogP contribution in [-0.4, -0.2) is 13.0 Å². The van der Waals surface area contributed by atoms with Gasteiger partial charge in [-0.15, -0.1) is 0 Å². The molecule has 0 fully saturated rings. The lowest BCUT2D eigenvalue weighted by Crippen LogP contribution is -2.03. The molecule has 1 heterocycles. The summed E-state index contributed by atoms with van der Waals surface area (Å²) in [5, 5.41) is 2.93. The van der Waals surface area contributed by atoms with Crippen LogP contribution in [0.15, 0.2) is 47.1 Å².